The van der Waals surface area contributed by atoms with Gasteiger partial charge in [-0.3, -0.25) is 14.5 Å². The highest BCUT2D eigenvalue weighted by Crippen LogP contribution is 2.11. The zero-order chi connectivity index (χ0) is 10.6. The molecule has 6 nitrogen and oxygen atoms in total. The molecule has 0 aliphatic carbocycles. The van der Waals surface area contributed by atoms with Gasteiger partial charge in [-0.15, -0.1) is 0 Å². The molecule has 14 heavy (non-hydrogen) atoms. The largest absolute Gasteiger partial charge is 0.480 e. The van der Waals surface area contributed by atoms with Gasteiger partial charge in [-0.05, 0) is 6.42 Å². The summed E-state index contributed by atoms with van der Waals surface area (Å²) in [5.74, 6) is -2.03. The van der Waals surface area contributed by atoms with Crippen LogP contribution in [0.1, 0.15) is 6.42 Å². The molecule has 0 aromatic rings. The molecule has 0 aromatic heterocycles. The van der Waals surface area contributed by atoms with Crippen molar-refractivity contribution in [1.82, 2.24) is 4.90 Å². The van der Waals surface area contributed by atoms with Crippen molar-refractivity contribution in [1.29, 1.82) is 0 Å². The highest BCUT2D eigenvalue weighted by atomic mass is 16.5. The summed E-state index contributed by atoms with van der Waals surface area (Å²) in [7, 11) is 0. The van der Waals surface area contributed by atoms with Crippen LogP contribution in [0.25, 0.3) is 0 Å². The molecule has 1 atom stereocenters. The van der Waals surface area contributed by atoms with Gasteiger partial charge in [0.15, 0.2) is 0 Å². The van der Waals surface area contributed by atoms with Gasteiger partial charge in [0.1, 0.15) is 0 Å². The molecule has 2 N–H and O–H groups in total. The molecule has 6 heteroatoms. The summed E-state index contributed by atoms with van der Waals surface area (Å²) in [6.07, 6.45) is 0.695. The normalized spacial score (nSPS) is 21.4. The summed E-state index contributed by atoms with van der Waals surface area (Å²) in [6.45, 7) is 0.488. The second kappa shape index (κ2) is 4.92. The fourth-order valence-electron chi connectivity index (χ4n) is 1.47. The standard InChI is InChI=1S/C8H13NO5/c10-7(11)3-9(4-8(12)13)6-1-2-14-5-6/h6H,1-5H2,(H,10,11)(H,12,13). The molecule has 0 saturated carbocycles. The van der Waals surface area contributed by atoms with Crippen LogP contribution in [0, 0.1) is 0 Å². The van der Waals surface area contributed by atoms with E-state index in [1.807, 2.05) is 0 Å². The van der Waals surface area contributed by atoms with Gasteiger partial charge < -0.3 is 14.9 Å². The maximum Gasteiger partial charge on any atom is 0.317 e. The van der Waals surface area contributed by atoms with E-state index in [0.717, 1.165) is 0 Å². The van der Waals surface area contributed by atoms with Crippen molar-refractivity contribution in [2.75, 3.05) is 26.3 Å². The molecule has 80 valence electrons. The van der Waals surface area contributed by atoms with Gasteiger partial charge in [0.2, 0.25) is 0 Å². The van der Waals surface area contributed by atoms with Crippen molar-refractivity contribution < 1.29 is 24.5 Å². The minimum atomic E-state index is -1.02. The highest BCUT2D eigenvalue weighted by molar-refractivity contribution is 5.72. The van der Waals surface area contributed by atoms with Crippen LogP contribution in [-0.2, 0) is 14.3 Å². The number of ether oxygens (including phenoxy) is 1. The van der Waals surface area contributed by atoms with Crippen molar-refractivity contribution in [2.45, 2.75) is 12.5 Å². The van der Waals surface area contributed by atoms with E-state index >= 15 is 0 Å². The number of rotatable bonds is 5. The lowest BCUT2D eigenvalue weighted by Gasteiger charge is -2.23. The predicted octanol–water partition coefficient (Wildman–Crippen LogP) is -0.753. The van der Waals surface area contributed by atoms with Gasteiger partial charge in [0.05, 0.1) is 19.7 Å². The number of hydrogen-bond donors (Lipinski definition) is 2. The molecular formula is C8H13NO5. The number of hydrogen-bond acceptors (Lipinski definition) is 4. The topological polar surface area (TPSA) is 87.1 Å². The minimum Gasteiger partial charge on any atom is -0.480 e. The summed E-state index contributed by atoms with van der Waals surface area (Å²) in [6, 6.07) is -0.0813. The fourth-order valence-corrected chi connectivity index (χ4v) is 1.47. The van der Waals surface area contributed by atoms with Gasteiger partial charge in [0.25, 0.3) is 0 Å². The highest BCUT2D eigenvalue weighted by Gasteiger charge is 2.26. The Morgan fingerprint density at radius 3 is 2.21 bits per heavy atom. The van der Waals surface area contributed by atoms with Crippen molar-refractivity contribution in [3.63, 3.8) is 0 Å². The molecule has 1 aliphatic rings. The molecule has 0 radical (unpaired) electrons. The Morgan fingerprint density at radius 1 is 1.29 bits per heavy atom. The van der Waals surface area contributed by atoms with E-state index in [9.17, 15) is 9.59 Å². The summed E-state index contributed by atoms with van der Waals surface area (Å²) in [4.78, 5) is 22.4. The van der Waals surface area contributed by atoms with E-state index in [-0.39, 0.29) is 19.1 Å². The fraction of sp³-hybridized carbons (Fsp3) is 0.750. The first-order valence-corrected chi connectivity index (χ1v) is 4.35. The average molecular weight is 203 g/mol. The number of carbonyl (C=O) groups is 2. The van der Waals surface area contributed by atoms with E-state index in [1.165, 1.54) is 4.90 Å². The quantitative estimate of drug-likeness (QED) is 0.611. The third kappa shape index (κ3) is 3.31. The minimum absolute atomic E-state index is 0.0813. The molecule has 1 aliphatic heterocycles. The average Bonchev–Trinajstić information content (AvgIpc) is 2.52. The summed E-state index contributed by atoms with van der Waals surface area (Å²) in [5, 5.41) is 17.2. The molecule has 0 bridgehead atoms. The molecule has 1 rings (SSSR count). The Labute approximate surface area is 81.1 Å². The predicted molar refractivity (Wildman–Crippen MR) is 46.1 cm³/mol. The molecule has 1 saturated heterocycles. The molecule has 1 fully saturated rings. The van der Waals surface area contributed by atoms with E-state index in [1.54, 1.807) is 0 Å². The Morgan fingerprint density at radius 2 is 1.86 bits per heavy atom. The first-order valence-electron chi connectivity index (χ1n) is 4.35. The number of nitrogens with zero attached hydrogens (tertiary/aromatic N) is 1. The molecule has 0 aromatic carbocycles. The van der Waals surface area contributed by atoms with Crippen molar-refractivity contribution in [2.24, 2.45) is 0 Å². The van der Waals surface area contributed by atoms with Gasteiger partial charge in [0, 0.05) is 12.6 Å². The van der Waals surface area contributed by atoms with E-state index in [0.29, 0.717) is 19.6 Å². The lowest BCUT2D eigenvalue weighted by Crippen LogP contribution is -2.42. The van der Waals surface area contributed by atoms with Crippen LogP contribution in [0.5, 0.6) is 0 Å². The molecule has 1 heterocycles. The van der Waals surface area contributed by atoms with Crippen molar-refractivity contribution in [3.8, 4) is 0 Å². The Bertz CT molecular complexity index is 208. The second-order valence-corrected chi connectivity index (χ2v) is 3.21. The lowest BCUT2D eigenvalue weighted by atomic mass is 10.2. The zero-order valence-corrected chi connectivity index (χ0v) is 7.68. The van der Waals surface area contributed by atoms with E-state index < -0.39 is 11.9 Å². The monoisotopic (exact) mass is 203 g/mol. The maximum atomic E-state index is 10.5. The van der Waals surface area contributed by atoms with Crippen LogP contribution in [0.15, 0.2) is 0 Å². The number of aliphatic carboxylic acids is 2. The summed E-state index contributed by atoms with van der Waals surface area (Å²) >= 11 is 0. The maximum absolute atomic E-state index is 10.5. The van der Waals surface area contributed by atoms with Crippen LogP contribution in [0.4, 0.5) is 0 Å². The summed E-state index contributed by atoms with van der Waals surface area (Å²) < 4.78 is 5.07. The van der Waals surface area contributed by atoms with Gasteiger partial charge in [-0.2, -0.15) is 0 Å². The zero-order valence-electron chi connectivity index (χ0n) is 7.68. The molecule has 0 amide bonds. The number of carboxylic acids is 2. The smallest absolute Gasteiger partial charge is 0.317 e. The molecule has 0 spiro atoms. The van der Waals surface area contributed by atoms with Gasteiger partial charge >= 0.3 is 11.9 Å². The molecular weight excluding hydrogens is 190 g/mol. The van der Waals surface area contributed by atoms with Crippen LogP contribution >= 0.6 is 0 Å². The van der Waals surface area contributed by atoms with Gasteiger partial charge in [-0.1, -0.05) is 0 Å². The second-order valence-electron chi connectivity index (χ2n) is 3.21. The third-order valence-corrected chi connectivity index (χ3v) is 2.10. The van der Waals surface area contributed by atoms with Crippen LogP contribution < -0.4 is 0 Å². The molecule has 1 unspecified atom stereocenters. The van der Waals surface area contributed by atoms with Crippen molar-refractivity contribution in [3.05, 3.63) is 0 Å². The summed E-state index contributed by atoms with van der Waals surface area (Å²) in [5.41, 5.74) is 0. The van der Waals surface area contributed by atoms with Gasteiger partial charge in [-0.25, -0.2) is 0 Å². The van der Waals surface area contributed by atoms with E-state index in [2.05, 4.69) is 0 Å². The first kappa shape index (κ1) is 10.9. The Kier molecular flexibility index (Phi) is 3.84. The van der Waals surface area contributed by atoms with Crippen LogP contribution in [0.3, 0.4) is 0 Å². The third-order valence-electron chi connectivity index (χ3n) is 2.10. The van der Waals surface area contributed by atoms with E-state index in [4.69, 9.17) is 14.9 Å². The Balaban J connectivity index is 2.50. The van der Waals surface area contributed by atoms with Crippen molar-refractivity contribution >= 4 is 11.9 Å². The SMILES string of the molecule is O=C(O)CN(CC(=O)O)C1CCOC1. The lowest BCUT2D eigenvalue weighted by molar-refractivity contribution is -0.142. The number of carboxylic acid groups (broad SMARTS) is 2. The first-order chi connectivity index (χ1) is 6.59. The van der Waals surface area contributed by atoms with Crippen LogP contribution in [-0.4, -0.2) is 59.4 Å². The Hall–Kier alpha value is -1.14. The van der Waals surface area contributed by atoms with Crippen LogP contribution in [0.2, 0.25) is 0 Å².